The fraction of sp³-hybridized carbons (Fsp3) is 0.423. The number of aliphatic carboxylic acids is 1. The van der Waals surface area contributed by atoms with Crippen molar-refractivity contribution in [2.75, 3.05) is 6.61 Å². The third-order valence-corrected chi connectivity index (χ3v) is 5.93. The van der Waals surface area contributed by atoms with Gasteiger partial charge in [-0.15, -0.1) is 0 Å². The van der Waals surface area contributed by atoms with Gasteiger partial charge in [0.25, 0.3) is 0 Å². The van der Waals surface area contributed by atoms with Gasteiger partial charge in [-0.05, 0) is 41.0 Å². The molecule has 0 unspecified atom stereocenters. The topological polar surface area (TPSA) is 105 Å². The minimum atomic E-state index is -1.06. The van der Waals surface area contributed by atoms with E-state index in [0.717, 1.165) is 22.3 Å². The van der Waals surface area contributed by atoms with E-state index in [0.29, 0.717) is 12.8 Å². The highest BCUT2D eigenvalue weighted by atomic mass is 16.5. The van der Waals surface area contributed by atoms with Gasteiger partial charge in [-0.2, -0.15) is 0 Å². The van der Waals surface area contributed by atoms with Crippen molar-refractivity contribution < 1.29 is 24.2 Å². The zero-order chi connectivity index (χ0) is 24.0. The summed E-state index contributed by atoms with van der Waals surface area (Å²) in [7, 11) is 0. The van der Waals surface area contributed by atoms with Crippen LogP contribution in [-0.4, -0.2) is 41.8 Å². The summed E-state index contributed by atoms with van der Waals surface area (Å²) in [6.07, 6.45) is 0.258. The number of carboxylic acids is 1. The van der Waals surface area contributed by atoms with E-state index in [9.17, 15) is 19.5 Å². The van der Waals surface area contributed by atoms with Crippen molar-refractivity contribution >= 4 is 18.0 Å². The van der Waals surface area contributed by atoms with E-state index in [1.807, 2.05) is 45.0 Å². The zero-order valence-corrected chi connectivity index (χ0v) is 19.3. The Morgan fingerprint density at radius 1 is 0.970 bits per heavy atom. The van der Waals surface area contributed by atoms with Gasteiger partial charge in [-0.25, -0.2) is 9.59 Å². The maximum absolute atomic E-state index is 12.5. The van der Waals surface area contributed by atoms with Crippen LogP contribution in [0.15, 0.2) is 48.5 Å². The standard InChI is InChI=1S/C26H32N2O5/c1-4-17(14-24(29)28-23(25(30)31)13-16(2)3)27-26(32)33-15-22-20-11-7-5-9-18(20)19-10-6-8-12-21(19)22/h5-12,16-17,22-23H,4,13-15H2,1-3H3,(H,27,32)(H,28,29)(H,30,31)/t17-,23-/m0/s1. The Balaban J connectivity index is 1.55. The van der Waals surface area contributed by atoms with Gasteiger partial charge in [0.05, 0.1) is 0 Å². The molecule has 0 radical (unpaired) electrons. The van der Waals surface area contributed by atoms with Crippen molar-refractivity contribution in [3.63, 3.8) is 0 Å². The minimum Gasteiger partial charge on any atom is -0.480 e. The molecule has 176 valence electrons. The molecule has 0 bridgehead atoms. The molecule has 0 heterocycles. The van der Waals surface area contributed by atoms with Crippen LogP contribution in [0.2, 0.25) is 0 Å². The van der Waals surface area contributed by atoms with Crippen LogP contribution in [0, 0.1) is 5.92 Å². The summed E-state index contributed by atoms with van der Waals surface area (Å²) in [5.41, 5.74) is 4.56. The molecule has 0 fully saturated rings. The molecule has 1 aliphatic rings. The van der Waals surface area contributed by atoms with Gasteiger partial charge in [-0.3, -0.25) is 4.79 Å². The summed E-state index contributed by atoms with van der Waals surface area (Å²) < 4.78 is 5.55. The van der Waals surface area contributed by atoms with Crippen LogP contribution in [0.25, 0.3) is 11.1 Å². The van der Waals surface area contributed by atoms with Crippen molar-refractivity contribution in [1.82, 2.24) is 10.6 Å². The number of hydrogen-bond donors (Lipinski definition) is 3. The predicted octanol–water partition coefficient (Wildman–Crippen LogP) is 4.31. The van der Waals surface area contributed by atoms with Crippen molar-refractivity contribution in [3.8, 4) is 11.1 Å². The average Bonchev–Trinajstić information content (AvgIpc) is 3.10. The number of nitrogens with one attached hydrogen (secondary N) is 2. The third kappa shape index (κ3) is 6.12. The first kappa shape index (κ1) is 24.3. The first-order valence-electron chi connectivity index (χ1n) is 11.4. The fourth-order valence-electron chi connectivity index (χ4n) is 4.27. The summed E-state index contributed by atoms with van der Waals surface area (Å²) >= 11 is 0. The fourth-order valence-corrected chi connectivity index (χ4v) is 4.27. The number of ether oxygens (including phenoxy) is 1. The van der Waals surface area contributed by atoms with E-state index in [2.05, 4.69) is 34.9 Å². The summed E-state index contributed by atoms with van der Waals surface area (Å²) in [6, 6.07) is 14.8. The summed E-state index contributed by atoms with van der Waals surface area (Å²) in [6.45, 7) is 5.84. The lowest BCUT2D eigenvalue weighted by molar-refractivity contribution is -0.142. The quantitative estimate of drug-likeness (QED) is 0.498. The van der Waals surface area contributed by atoms with E-state index in [1.54, 1.807) is 0 Å². The number of amides is 2. The maximum Gasteiger partial charge on any atom is 0.407 e. The molecule has 0 saturated heterocycles. The molecular formula is C26H32N2O5. The first-order chi connectivity index (χ1) is 15.8. The molecule has 2 amide bonds. The number of hydrogen-bond acceptors (Lipinski definition) is 4. The van der Waals surface area contributed by atoms with Gasteiger partial charge < -0.3 is 20.5 Å². The van der Waals surface area contributed by atoms with E-state index in [1.165, 1.54) is 0 Å². The molecule has 0 spiro atoms. The van der Waals surface area contributed by atoms with Crippen molar-refractivity contribution in [3.05, 3.63) is 59.7 Å². The molecule has 2 atom stereocenters. The first-order valence-corrected chi connectivity index (χ1v) is 11.4. The summed E-state index contributed by atoms with van der Waals surface area (Å²) in [4.78, 5) is 36.2. The Hall–Kier alpha value is -3.35. The van der Waals surface area contributed by atoms with Crippen LogP contribution in [-0.2, 0) is 14.3 Å². The molecule has 0 aromatic heterocycles. The highest BCUT2D eigenvalue weighted by Gasteiger charge is 2.29. The Labute approximate surface area is 194 Å². The second kappa shape index (κ2) is 11.0. The number of fused-ring (bicyclic) bond motifs is 3. The van der Waals surface area contributed by atoms with Crippen LogP contribution >= 0.6 is 0 Å². The maximum atomic E-state index is 12.5. The second-order valence-corrected chi connectivity index (χ2v) is 8.87. The van der Waals surface area contributed by atoms with Crippen molar-refractivity contribution in [1.29, 1.82) is 0 Å². The van der Waals surface area contributed by atoms with Gasteiger partial charge in [0.2, 0.25) is 5.91 Å². The van der Waals surface area contributed by atoms with E-state index in [4.69, 9.17) is 4.74 Å². The largest absolute Gasteiger partial charge is 0.480 e. The second-order valence-electron chi connectivity index (χ2n) is 8.87. The number of rotatable bonds is 10. The van der Waals surface area contributed by atoms with Crippen LogP contribution < -0.4 is 10.6 Å². The van der Waals surface area contributed by atoms with E-state index >= 15 is 0 Å². The predicted molar refractivity (Wildman–Crippen MR) is 126 cm³/mol. The third-order valence-electron chi connectivity index (χ3n) is 5.93. The smallest absolute Gasteiger partial charge is 0.407 e. The molecule has 2 aromatic rings. The molecule has 2 aromatic carbocycles. The van der Waals surface area contributed by atoms with Crippen LogP contribution in [0.3, 0.4) is 0 Å². The lowest BCUT2D eigenvalue weighted by Crippen LogP contribution is -2.45. The molecule has 3 N–H and O–H groups in total. The number of carbonyl (C=O) groups is 3. The summed E-state index contributed by atoms with van der Waals surface area (Å²) in [5.74, 6) is -1.38. The van der Waals surface area contributed by atoms with Gasteiger partial charge >= 0.3 is 12.1 Å². The lowest BCUT2D eigenvalue weighted by Gasteiger charge is -2.20. The highest BCUT2D eigenvalue weighted by Crippen LogP contribution is 2.44. The number of benzene rings is 2. The van der Waals surface area contributed by atoms with Crippen LogP contribution in [0.1, 0.15) is 57.1 Å². The van der Waals surface area contributed by atoms with Gasteiger partial charge in [0.15, 0.2) is 0 Å². The SMILES string of the molecule is CC[C@@H](CC(=O)N[C@@H](CC(C)C)C(=O)O)NC(=O)OCC1c2ccccc2-c2ccccc21. The average molecular weight is 453 g/mol. The molecule has 0 aliphatic heterocycles. The Morgan fingerprint density at radius 2 is 1.55 bits per heavy atom. The lowest BCUT2D eigenvalue weighted by atomic mass is 9.98. The molecular weight excluding hydrogens is 420 g/mol. The van der Waals surface area contributed by atoms with Gasteiger partial charge in [-0.1, -0.05) is 69.3 Å². The van der Waals surface area contributed by atoms with Gasteiger partial charge in [0, 0.05) is 18.4 Å². The molecule has 7 nitrogen and oxygen atoms in total. The minimum absolute atomic E-state index is 0.0113. The van der Waals surface area contributed by atoms with E-state index < -0.39 is 30.1 Å². The number of alkyl carbamates (subject to hydrolysis) is 1. The van der Waals surface area contributed by atoms with Crippen LogP contribution in [0.4, 0.5) is 4.79 Å². The van der Waals surface area contributed by atoms with Crippen molar-refractivity contribution in [2.24, 2.45) is 5.92 Å². The summed E-state index contributed by atoms with van der Waals surface area (Å²) in [5, 5.41) is 14.6. The monoisotopic (exact) mass is 452 g/mol. The zero-order valence-electron chi connectivity index (χ0n) is 19.3. The highest BCUT2D eigenvalue weighted by molar-refractivity contribution is 5.84. The molecule has 33 heavy (non-hydrogen) atoms. The molecule has 0 saturated carbocycles. The van der Waals surface area contributed by atoms with Crippen molar-refractivity contribution in [2.45, 2.75) is 58.0 Å². The van der Waals surface area contributed by atoms with E-state index in [-0.39, 0.29) is 24.9 Å². The molecule has 1 aliphatic carbocycles. The Bertz CT molecular complexity index is 958. The number of carbonyl (C=O) groups excluding carboxylic acids is 2. The Kier molecular flexibility index (Phi) is 8.09. The molecule has 3 rings (SSSR count). The van der Waals surface area contributed by atoms with Crippen LogP contribution in [0.5, 0.6) is 0 Å². The number of carboxylic acid groups (broad SMARTS) is 1. The Morgan fingerprint density at radius 3 is 2.06 bits per heavy atom. The molecule has 7 heteroatoms. The normalized spacial score (nSPS) is 14.2. The van der Waals surface area contributed by atoms with Gasteiger partial charge in [0.1, 0.15) is 12.6 Å².